The smallest absolute Gasteiger partial charge is 0.306 e. The van der Waals surface area contributed by atoms with Crippen molar-refractivity contribution in [2.75, 3.05) is 41.0 Å². The Morgan fingerprint density at radius 2 is 0.812 bits per heavy atom. The van der Waals surface area contributed by atoms with E-state index >= 15 is 0 Å². The van der Waals surface area contributed by atoms with Crippen molar-refractivity contribution >= 4 is 17.9 Å². The molecule has 8 nitrogen and oxygen atoms in total. The molecule has 2 unspecified atom stereocenters. The summed E-state index contributed by atoms with van der Waals surface area (Å²) >= 11 is 0. The van der Waals surface area contributed by atoms with Crippen molar-refractivity contribution in [3.8, 4) is 0 Å². The fourth-order valence-corrected chi connectivity index (χ4v) is 7.95. The van der Waals surface area contributed by atoms with Gasteiger partial charge in [0, 0.05) is 19.3 Å². The van der Waals surface area contributed by atoms with E-state index in [1.54, 1.807) is 21.1 Å². The Balaban J connectivity index is 4.22. The highest BCUT2D eigenvalue weighted by Gasteiger charge is 2.25. The lowest BCUT2D eigenvalue weighted by Gasteiger charge is -2.34. The lowest BCUT2D eigenvalue weighted by atomic mass is 10.0. The first-order chi connectivity index (χ1) is 33.6. The van der Waals surface area contributed by atoms with Gasteiger partial charge in [-0.05, 0) is 89.9 Å². The largest absolute Gasteiger partial charge is 0.544 e. The first kappa shape index (κ1) is 65.5. The van der Waals surface area contributed by atoms with Gasteiger partial charge in [0.25, 0.3) is 0 Å². The molecule has 0 rings (SSSR count). The molecule has 0 radical (unpaired) electrons. The van der Waals surface area contributed by atoms with Gasteiger partial charge in [0.15, 0.2) is 6.10 Å². The van der Waals surface area contributed by atoms with E-state index in [-0.39, 0.29) is 42.7 Å². The number of hydrogen-bond acceptors (Lipinski definition) is 7. The first-order valence-corrected chi connectivity index (χ1v) is 28.1. The van der Waals surface area contributed by atoms with Gasteiger partial charge in [-0.25, -0.2) is 0 Å². The van der Waals surface area contributed by atoms with Crippen LogP contribution in [0.15, 0.2) is 85.1 Å². The third-order valence-electron chi connectivity index (χ3n) is 12.3. The van der Waals surface area contributed by atoms with Gasteiger partial charge in [-0.2, -0.15) is 0 Å². The van der Waals surface area contributed by atoms with Crippen LogP contribution >= 0.6 is 0 Å². The fraction of sp³-hybridized carbons (Fsp3) is 0.721. The number of unbranched alkanes of at least 4 members (excludes halogenated alkanes) is 22. The van der Waals surface area contributed by atoms with Gasteiger partial charge in [-0.3, -0.25) is 9.59 Å². The highest BCUT2D eigenvalue weighted by Crippen LogP contribution is 2.15. The highest BCUT2D eigenvalue weighted by molar-refractivity contribution is 5.70. The summed E-state index contributed by atoms with van der Waals surface area (Å²) in [4.78, 5) is 37.2. The molecule has 69 heavy (non-hydrogen) atoms. The van der Waals surface area contributed by atoms with Gasteiger partial charge in [0.2, 0.25) is 0 Å². The number of quaternary nitrogens is 1. The Morgan fingerprint density at radius 1 is 0.449 bits per heavy atom. The van der Waals surface area contributed by atoms with Gasteiger partial charge in [-0.1, -0.05) is 208 Å². The number of carboxylic acid groups (broad SMARTS) is 1. The minimum Gasteiger partial charge on any atom is -0.544 e. The Morgan fingerprint density at radius 3 is 1.20 bits per heavy atom. The fourth-order valence-electron chi connectivity index (χ4n) is 7.95. The molecule has 0 aliphatic carbocycles. The van der Waals surface area contributed by atoms with Crippen molar-refractivity contribution in [1.82, 2.24) is 0 Å². The summed E-state index contributed by atoms with van der Waals surface area (Å²) in [5.74, 6) is -1.75. The number of carbonyl (C=O) groups is 3. The maximum Gasteiger partial charge on any atom is 0.306 e. The summed E-state index contributed by atoms with van der Waals surface area (Å²) < 4.78 is 17.3. The average molecular weight is 965 g/mol. The monoisotopic (exact) mass is 964 g/mol. The summed E-state index contributed by atoms with van der Waals surface area (Å²) in [5, 5.41) is 11.7. The number of hydrogen-bond donors (Lipinski definition) is 0. The molecule has 0 aliphatic rings. The third-order valence-corrected chi connectivity index (χ3v) is 12.3. The Labute approximate surface area is 424 Å². The van der Waals surface area contributed by atoms with Gasteiger partial charge in [0.1, 0.15) is 12.6 Å². The maximum absolute atomic E-state index is 12.8. The van der Waals surface area contributed by atoms with Crippen LogP contribution in [0.1, 0.15) is 232 Å². The number of allylic oxidation sites excluding steroid dienone is 14. The minimum absolute atomic E-state index is 0.0340. The van der Waals surface area contributed by atoms with Crippen molar-refractivity contribution < 1.29 is 38.2 Å². The van der Waals surface area contributed by atoms with Crippen LogP contribution in [0.5, 0.6) is 0 Å². The second-order valence-corrected chi connectivity index (χ2v) is 19.8. The van der Waals surface area contributed by atoms with Crippen molar-refractivity contribution in [2.45, 2.75) is 244 Å². The number of rotatable bonds is 50. The molecule has 8 heteroatoms. The normalized spacial score (nSPS) is 13.5. The van der Waals surface area contributed by atoms with Crippen LogP contribution < -0.4 is 5.11 Å². The molecule has 0 saturated carbocycles. The number of likely N-dealkylation sites (N-methyl/N-ethyl adjacent to an activating group) is 1. The molecule has 2 atom stereocenters. The predicted molar refractivity (Wildman–Crippen MR) is 291 cm³/mol. The zero-order valence-electron chi connectivity index (χ0n) is 45.2. The summed E-state index contributed by atoms with van der Waals surface area (Å²) in [6.07, 6.45) is 67.6. The molecule has 396 valence electrons. The summed E-state index contributed by atoms with van der Waals surface area (Å²) in [7, 11) is 5.42. The van der Waals surface area contributed by atoms with Crippen molar-refractivity contribution in [1.29, 1.82) is 0 Å². The number of esters is 2. The lowest BCUT2D eigenvalue weighted by molar-refractivity contribution is -0.889. The van der Waals surface area contributed by atoms with Crippen LogP contribution in [0.25, 0.3) is 0 Å². The Kier molecular flexibility index (Phi) is 48.3. The number of aliphatic carboxylic acids is 1. The van der Waals surface area contributed by atoms with E-state index in [9.17, 15) is 19.5 Å². The molecule has 0 aromatic carbocycles. The number of carboxylic acids is 1. The van der Waals surface area contributed by atoms with E-state index in [0.717, 1.165) is 89.9 Å². The quantitative estimate of drug-likeness (QED) is 0.0259. The maximum atomic E-state index is 12.8. The van der Waals surface area contributed by atoms with Crippen LogP contribution in [0.4, 0.5) is 0 Å². The molecule has 0 fully saturated rings. The van der Waals surface area contributed by atoms with E-state index in [2.05, 4.69) is 98.9 Å². The molecule has 0 aliphatic heterocycles. The van der Waals surface area contributed by atoms with Crippen LogP contribution in [0.2, 0.25) is 0 Å². The number of ether oxygens (including phenoxy) is 3. The third kappa shape index (κ3) is 49.3. The molecule has 0 amide bonds. The van der Waals surface area contributed by atoms with Gasteiger partial charge in [0.05, 0.1) is 40.3 Å². The zero-order valence-corrected chi connectivity index (χ0v) is 45.2. The van der Waals surface area contributed by atoms with Crippen molar-refractivity contribution in [2.24, 2.45) is 0 Å². The molecule has 0 heterocycles. The standard InChI is InChI=1S/C61H105NO7/c1-6-8-10-12-14-16-18-20-22-24-26-28-30-32-34-36-38-40-42-44-46-48-50-52-60(64)69-57(55-67-54-53-58(61(65)66)62(3,4)5)56-68-59(63)51-49-47-45-43-41-39-37-35-33-31-29-27-25-23-21-19-17-15-13-11-9-7-2/h8,10,14-17,20-23,26-29,57-58H,6-7,9,11-13,18-19,24-25,30-56H2,1-5H3/b10-8+,16-14+,17-15+,22-20+,23-21+,28-26+,29-27+. The van der Waals surface area contributed by atoms with Crippen LogP contribution in [-0.4, -0.2) is 75.5 Å². The van der Waals surface area contributed by atoms with E-state index in [4.69, 9.17) is 14.2 Å². The number of carbonyl (C=O) groups excluding carboxylic acids is 3. The molecular weight excluding hydrogens is 859 g/mol. The summed E-state index contributed by atoms with van der Waals surface area (Å²) in [5.41, 5.74) is 0. The van der Waals surface area contributed by atoms with E-state index in [1.807, 2.05) is 0 Å². The van der Waals surface area contributed by atoms with Crippen LogP contribution in [0, 0.1) is 0 Å². The Bertz CT molecular complexity index is 1400. The SMILES string of the molecule is CC/C=C/C/C=C/C/C=C/C/C=C/CCCCCCCCCCCCC(=O)OC(COCCC(C(=O)[O-])[N+](C)(C)C)COC(=O)CCCCCCCCCCC/C=C/C/C=C/C/C=C/CCCCC. The lowest BCUT2D eigenvalue weighted by Crippen LogP contribution is -2.55. The van der Waals surface area contributed by atoms with Crippen LogP contribution in [-0.2, 0) is 28.6 Å². The molecule has 0 aromatic heterocycles. The summed E-state index contributed by atoms with van der Waals surface area (Å²) in [6.45, 7) is 4.53. The van der Waals surface area contributed by atoms with Crippen molar-refractivity contribution in [3.05, 3.63) is 85.1 Å². The molecule has 0 spiro atoms. The molecule has 0 N–H and O–H groups in total. The second kappa shape index (κ2) is 50.9. The predicted octanol–water partition coefficient (Wildman–Crippen LogP) is 15.5. The zero-order chi connectivity index (χ0) is 50.6. The summed E-state index contributed by atoms with van der Waals surface area (Å²) in [6, 6.07) is -0.732. The Hall–Kier alpha value is -3.49. The van der Waals surface area contributed by atoms with Gasteiger partial charge < -0.3 is 28.6 Å². The molecule has 0 aromatic rings. The van der Waals surface area contributed by atoms with E-state index in [0.29, 0.717) is 12.8 Å². The molecule has 0 saturated heterocycles. The van der Waals surface area contributed by atoms with Crippen LogP contribution in [0.3, 0.4) is 0 Å². The van der Waals surface area contributed by atoms with E-state index in [1.165, 1.54) is 109 Å². The second-order valence-electron chi connectivity index (χ2n) is 19.8. The minimum atomic E-state index is -1.13. The van der Waals surface area contributed by atoms with Gasteiger partial charge >= 0.3 is 11.9 Å². The van der Waals surface area contributed by atoms with Crippen molar-refractivity contribution in [3.63, 3.8) is 0 Å². The first-order valence-electron chi connectivity index (χ1n) is 28.1. The average Bonchev–Trinajstić information content (AvgIpc) is 3.31. The van der Waals surface area contributed by atoms with Gasteiger partial charge in [-0.15, -0.1) is 0 Å². The molecule has 0 bridgehead atoms. The van der Waals surface area contributed by atoms with E-state index < -0.39 is 18.1 Å². The highest BCUT2D eigenvalue weighted by atomic mass is 16.6. The topological polar surface area (TPSA) is 102 Å². The molecular formula is C61H105NO7. The number of nitrogens with zero attached hydrogens (tertiary/aromatic N) is 1.